The first-order valence-electron chi connectivity index (χ1n) is 8.84. The summed E-state index contributed by atoms with van der Waals surface area (Å²) in [6.45, 7) is 0. The van der Waals surface area contributed by atoms with Crippen LogP contribution in [0.2, 0.25) is 0 Å². The van der Waals surface area contributed by atoms with Crippen LogP contribution in [0.25, 0.3) is 6.08 Å². The van der Waals surface area contributed by atoms with Crippen molar-refractivity contribution in [3.8, 4) is 5.75 Å². The molecule has 148 valence electrons. The molecule has 3 aromatic rings. The average molecular weight is 527 g/mol. The highest BCUT2D eigenvalue weighted by atomic mass is 79.9. The molecule has 0 aliphatic carbocycles. The number of esters is 2. The Bertz CT molecular complexity index is 1200. The van der Waals surface area contributed by atoms with Crippen LogP contribution in [-0.4, -0.2) is 17.8 Å². The third kappa shape index (κ3) is 4.75. The number of cyclic esters (lactones) is 1. The second-order valence-electron chi connectivity index (χ2n) is 6.32. The van der Waals surface area contributed by atoms with Crippen LogP contribution in [0, 0.1) is 0 Å². The Morgan fingerprint density at radius 3 is 2.47 bits per heavy atom. The molecule has 0 spiro atoms. The van der Waals surface area contributed by atoms with Crippen LogP contribution in [0.3, 0.4) is 0 Å². The maximum atomic E-state index is 12.3. The number of aliphatic imine (C=N–C) groups is 1. The van der Waals surface area contributed by atoms with E-state index in [9.17, 15) is 9.59 Å². The van der Waals surface area contributed by atoms with Gasteiger partial charge in [-0.2, -0.15) is 0 Å². The van der Waals surface area contributed by atoms with E-state index in [0.717, 1.165) is 8.95 Å². The molecule has 1 aliphatic heterocycles. The van der Waals surface area contributed by atoms with Gasteiger partial charge in [0.05, 0.1) is 5.56 Å². The molecule has 5 nitrogen and oxygen atoms in total. The molecule has 0 saturated heterocycles. The lowest BCUT2D eigenvalue weighted by molar-refractivity contribution is -0.129. The van der Waals surface area contributed by atoms with Crippen LogP contribution in [0.4, 0.5) is 0 Å². The molecule has 1 aliphatic rings. The minimum Gasteiger partial charge on any atom is -0.423 e. The second kappa shape index (κ2) is 8.77. The molecule has 0 saturated carbocycles. The summed E-state index contributed by atoms with van der Waals surface area (Å²) < 4.78 is 12.4. The zero-order chi connectivity index (χ0) is 21.1. The third-order valence-corrected chi connectivity index (χ3v) is 5.17. The first-order chi connectivity index (χ1) is 14.5. The molecule has 1 heterocycles. The number of rotatable bonds is 4. The summed E-state index contributed by atoms with van der Waals surface area (Å²) in [4.78, 5) is 28.8. The summed E-state index contributed by atoms with van der Waals surface area (Å²) in [6.07, 6.45) is 1.59. The Morgan fingerprint density at radius 2 is 1.70 bits per heavy atom. The number of carbonyl (C=O) groups is 2. The first-order valence-corrected chi connectivity index (χ1v) is 10.4. The quantitative estimate of drug-likeness (QED) is 0.246. The minimum absolute atomic E-state index is 0.168. The predicted molar refractivity (Wildman–Crippen MR) is 120 cm³/mol. The van der Waals surface area contributed by atoms with Gasteiger partial charge in [0.2, 0.25) is 5.90 Å². The first kappa shape index (κ1) is 20.3. The van der Waals surface area contributed by atoms with Crippen molar-refractivity contribution in [1.82, 2.24) is 0 Å². The van der Waals surface area contributed by atoms with Gasteiger partial charge in [-0.25, -0.2) is 14.6 Å². The number of hydrogen-bond donors (Lipinski definition) is 0. The van der Waals surface area contributed by atoms with E-state index < -0.39 is 11.9 Å². The van der Waals surface area contributed by atoms with Gasteiger partial charge in [0.1, 0.15) is 5.75 Å². The molecule has 4 rings (SSSR count). The van der Waals surface area contributed by atoms with E-state index >= 15 is 0 Å². The maximum Gasteiger partial charge on any atom is 0.363 e. The van der Waals surface area contributed by atoms with Gasteiger partial charge in [0.25, 0.3) is 0 Å². The molecule has 0 unspecified atom stereocenters. The Hall–Kier alpha value is -3.03. The Balaban J connectivity index is 1.55. The van der Waals surface area contributed by atoms with Crippen molar-refractivity contribution in [3.05, 3.63) is 104 Å². The molecule has 0 atom stereocenters. The predicted octanol–water partition coefficient (Wildman–Crippen LogP) is 5.78. The lowest BCUT2D eigenvalue weighted by atomic mass is 10.2. The fourth-order valence-corrected chi connectivity index (χ4v) is 3.40. The molecule has 30 heavy (non-hydrogen) atoms. The summed E-state index contributed by atoms with van der Waals surface area (Å²) >= 11 is 6.72. The van der Waals surface area contributed by atoms with Crippen molar-refractivity contribution in [3.63, 3.8) is 0 Å². The lowest BCUT2D eigenvalue weighted by Crippen LogP contribution is -2.08. The highest BCUT2D eigenvalue weighted by Gasteiger charge is 2.24. The Kier molecular flexibility index (Phi) is 5.92. The minimum atomic E-state index is -0.540. The lowest BCUT2D eigenvalue weighted by Gasteiger charge is -2.05. The van der Waals surface area contributed by atoms with Gasteiger partial charge in [0.15, 0.2) is 5.70 Å². The van der Waals surface area contributed by atoms with Crippen LogP contribution in [0.1, 0.15) is 21.5 Å². The summed E-state index contributed by atoms with van der Waals surface area (Å²) in [7, 11) is 0. The Labute approximate surface area is 189 Å². The van der Waals surface area contributed by atoms with Gasteiger partial charge >= 0.3 is 11.9 Å². The zero-order valence-electron chi connectivity index (χ0n) is 15.3. The number of nitrogens with zero attached hydrogens (tertiary/aromatic N) is 1. The van der Waals surface area contributed by atoms with Crippen LogP contribution < -0.4 is 4.74 Å². The number of benzene rings is 3. The monoisotopic (exact) mass is 525 g/mol. The summed E-state index contributed by atoms with van der Waals surface area (Å²) in [5.74, 6) is -0.407. The zero-order valence-corrected chi connectivity index (χ0v) is 18.5. The van der Waals surface area contributed by atoms with Crippen LogP contribution >= 0.6 is 31.9 Å². The fourth-order valence-electron chi connectivity index (χ4n) is 2.73. The van der Waals surface area contributed by atoms with E-state index in [1.165, 1.54) is 0 Å². The van der Waals surface area contributed by atoms with E-state index in [2.05, 4.69) is 36.9 Å². The fraction of sp³-hybridized carbons (Fsp3) is 0. The number of carbonyl (C=O) groups excluding carboxylic acids is 2. The SMILES string of the molecule is O=C1OC(c2cccc(Br)c2)=N/C1=C\c1cccc(OC(=O)c2ccc(Br)cc2)c1. The molecule has 0 bridgehead atoms. The van der Waals surface area contributed by atoms with E-state index in [-0.39, 0.29) is 11.6 Å². The highest BCUT2D eigenvalue weighted by Crippen LogP contribution is 2.23. The van der Waals surface area contributed by atoms with Gasteiger partial charge in [-0.05, 0) is 66.2 Å². The average Bonchev–Trinajstić information content (AvgIpc) is 3.09. The van der Waals surface area contributed by atoms with Gasteiger partial charge in [-0.3, -0.25) is 0 Å². The highest BCUT2D eigenvalue weighted by molar-refractivity contribution is 9.10. The van der Waals surface area contributed by atoms with Crippen LogP contribution in [0.15, 0.2) is 92.4 Å². The van der Waals surface area contributed by atoms with Crippen LogP contribution in [-0.2, 0) is 9.53 Å². The van der Waals surface area contributed by atoms with Gasteiger partial charge < -0.3 is 9.47 Å². The number of ether oxygens (including phenoxy) is 2. The van der Waals surface area contributed by atoms with Crippen LogP contribution in [0.5, 0.6) is 5.75 Å². The maximum absolute atomic E-state index is 12.3. The van der Waals surface area contributed by atoms with E-state index in [1.54, 1.807) is 54.6 Å². The molecule has 0 fully saturated rings. The van der Waals surface area contributed by atoms with Crippen molar-refractivity contribution in [1.29, 1.82) is 0 Å². The van der Waals surface area contributed by atoms with Crippen molar-refractivity contribution < 1.29 is 19.1 Å². The van der Waals surface area contributed by atoms with E-state index in [4.69, 9.17) is 9.47 Å². The van der Waals surface area contributed by atoms with E-state index in [0.29, 0.717) is 22.4 Å². The van der Waals surface area contributed by atoms with Gasteiger partial charge in [-0.15, -0.1) is 0 Å². The van der Waals surface area contributed by atoms with Gasteiger partial charge in [0, 0.05) is 14.5 Å². The molecule has 3 aromatic carbocycles. The third-order valence-electron chi connectivity index (χ3n) is 4.14. The molecular formula is C23H13Br2NO4. The number of halogens is 2. The van der Waals surface area contributed by atoms with E-state index in [1.807, 2.05) is 24.3 Å². The van der Waals surface area contributed by atoms with Crippen molar-refractivity contribution >= 4 is 55.8 Å². The van der Waals surface area contributed by atoms with Gasteiger partial charge in [-0.1, -0.05) is 50.1 Å². The number of hydrogen-bond acceptors (Lipinski definition) is 5. The largest absolute Gasteiger partial charge is 0.423 e. The smallest absolute Gasteiger partial charge is 0.363 e. The second-order valence-corrected chi connectivity index (χ2v) is 8.15. The topological polar surface area (TPSA) is 65.0 Å². The van der Waals surface area contributed by atoms with Crippen molar-refractivity contribution in [2.45, 2.75) is 0 Å². The molecule has 0 aromatic heterocycles. The molecule has 0 radical (unpaired) electrons. The van der Waals surface area contributed by atoms with Crippen molar-refractivity contribution in [2.75, 3.05) is 0 Å². The molecule has 0 N–H and O–H groups in total. The summed E-state index contributed by atoms with van der Waals surface area (Å²) in [6, 6.07) is 21.0. The summed E-state index contributed by atoms with van der Waals surface area (Å²) in [5.41, 5.74) is 1.95. The molecule has 0 amide bonds. The van der Waals surface area contributed by atoms with Crippen molar-refractivity contribution in [2.24, 2.45) is 4.99 Å². The Morgan fingerprint density at radius 1 is 0.933 bits per heavy atom. The summed E-state index contributed by atoms with van der Waals surface area (Å²) in [5, 5.41) is 0. The standard InChI is InChI=1S/C23H13Br2NO4/c24-17-9-7-15(8-10-17)22(27)29-19-6-1-3-14(11-19)12-20-23(28)30-21(26-20)16-4-2-5-18(25)13-16/h1-13H/b20-12-. The molecular weight excluding hydrogens is 514 g/mol. The normalized spacial score (nSPS) is 14.4. The molecule has 7 heteroatoms.